The van der Waals surface area contributed by atoms with Gasteiger partial charge in [-0.15, -0.1) is 11.3 Å². The first kappa shape index (κ1) is 19.8. The summed E-state index contributed by atoms with van der Waals surface area (Å²) in [4.78, 5) is 9.81. The van der Waals surface area contributed by atoms with E-state index in [0.717, 1.165) is 27.0 Å². The summed E-state index contributed by atoms with van der Waals surface area (Å²) in [6.45, 7) is 0. The minimum atomic E-state index is 0.662. The number of hydrogen-bond acceptors (Lipinski definition) is 8. The standard InChI is InChI=1S/C22H21N3O4S/c1-26-14-6-8-17(27-2)16(10-14)25-21-20-15(11-30-22(20)24-12-23-21)13-5-7-18(28-3)19(9-13)29-4/h5-12H,1-4H3,(H,23,24,25). The third kappa shape index (κ3) is 3.57. The molecule has 0 saturated carbocycles. The molecule has 1 N–H and O–H groups in total. The maximum Gasteiger partial charge on any atom is 0.161 e. The molecule has 0 spiro atoms. The number of methoxy groups -OCH3 is 4. The second-order valence-corrected chi connectivity index (χ2v) is 7.17. The molecule has 4 aromatic rings. The Labute approximate surface area is 178 Å². The van der Waals surface area contributed by atoms with Gasteiger partial charge in [0, 0.05) is 17.0 Å². The fraction of sp³-hybridized carbons (Fsp3) is 0.182. The van der Waals surface area contributed by atoms with Crippen LogP contribution in [0.1, 0.15) is 0 Å². The molecule has 2 aromatic carbocycles. The molecule has 0 aliphatic rings. The number of thiophene rings is 1. The zero-order chi connectivity index (χ0) is 21.1. The molecule has 0 bridgehead atoms. The number of aromatic nitrogens is 2. The van der Waals surface area contributed by atoms with E-state index in [1.54, 1.807) is 46.1 Å². The highest BCUT2D eigenvalue weighted by molar-refractivity contribution is 7.17. The first-order valence-corrected chi connectivity index (χ1v) is 10.00. The lowest BCUT2D eigenvalue weighted by Gasteiger charge is -2.14. The van der Waals surface area contributed by atoms with Crippen LogP contribution in [0.2, 0.25) is 0 Å². The Morgan fingerprint density at radius 2 is 1.57 bits per heavy atom. The van der Waals surface area contributed by atoms with Crippen LogP contribution in [0.15, 0.2) is 48.1 Å². The van der Waals surface area contributed by atoms with Crippen LogP contribution in [0, 0.1) is 0 Å². The summed E-state index contributed by atoms with van der Waals surface area (Å²) in [7, 11) is 6.50. The average Bonchev–Trinajstić information content (AvgIpc) is 3.23. The Morgan fingerprint density at radius 3 is 2.30 bits per heavy atom. The van der Waals surface area contributed by atoms with Crippen LogP contribution in [0.3, 0.4) is 0 Å². The highest BCUT2D eigenvalue weighted by Gasteiger charge is 2.16. The fourth-order valence-corrected chi connectivity index (χ4v) is 4.14. The first-order chi connectivity index (χ1) is 14.7. The van der Waals surface area contributed by atoms with Crippen LogP contribution in [0.25, 0.3) is 21.3 Å². The molecule has 30 heavy (non-hydrogen) atoms. The average molecular weight is 423 g/mol. The minimum Gasteiger partial charge on any atom is -0.497 e. The van der Waals surface area contributed by atoms with E-state index < -0.39 is 0 Å². The quantitative estimate of drug-likeness (QED) is 0.441. The van der Waals surface area contributed by atoms with E-state index >= 15 is 0 Å². The lowest BCUT2D eigenvalue weighted by Crippen LogP contribution is -1.99. The van der Waals surface area contributed by atoms with E-state index in [1.807, 2.05) is 36.4 Å². The number of fused-ring (bicyclic) bond motifs is 1. The predicted molar refractivity (Wildman–Crippen MR) is 119 cm³/mol. The lowest BCUT2D eigenvalue weighted by molar-refractivity contribution is 0.355. The number of rotatable bonds is 7. The van der Waals surface area contributed by atoms with Crippen molar-refractivity contribution in [2.45, 2.75) is 0 Å². The number of hydrogen-bond donors (Lipinski definition) is 1. The first-order valence-electron chi connectivity index (χ1n) is 9.12. The number of anilines is 2. The van der Waals surface area contributed by atoms with E-state index in [1.165, 1.54) is 0 Å². The van der Waals surface area contributed by atoms with Gasteiger partial charge >= 0.3 is 0 Å². The molecule has 0 radical (unpaired) electrons. The lowest BCUT2D eigenvalue weighted by atomic mass is 10.1. The van der Waals surface area contributed by atoms with Crippen LogP contribution in [0.4, 0.5) is 11.5 Å². The van der Waals surface area contributed by atoms with Gasteiger partial charge in [-0.05, 0) is 29.8 Å². The summed E-state index contributed by atoms with van der Waals surface area (Å²) in [5.74, 6) is 3.42. The molecule has 0 atom stereocenters. The monoisotopic (exact) mass is 423 g/mol. The maximum atomic E-state index is 5.49. The van der Waals surface area contributed by atoms with Crippen LogP contribution in [-0.2, 0) is 0 Å². The summed E-state index contributed by atoms with van der Waals surface area (Å²) < 4.78 is 21.7. The number of nitrogens with zero attached hydrogens (tertiary/aromatic N) is 2. The van der Waals surface area contributed by atoms with Gasteiger partial charge in [-0.1, -0.05) is 6.07 Å². The second kappa shape index (κ2) is 8.46. The van der Waals surface area contributed by atoms with Crippen molar-refractivity contribution in [3.63, 3.8) is 0 Å². The van der Waals surface area contributed by atoms with Gasteiger partial charge in [0.05, 0.1) is 39.5 Å². The van der Waals surface area contributed by atoms with Gasteiger partial charge in [0.2, 0.25) is 0 Å². The molecular weight excluding hydrogens is 402 g/mol. The van der Waals surface area contributed by atoms with Crippen molar-refractivity contribution in [2.75, 3.05) is 33.8 Å². The fourth-order valence-electron chi connectivity index (χ4n) is 3.23. The smallest absolute Gasteiger partial charge is 0.161 e. The minimum absolute atomic E-state index is 0.662. The van der Waals surface area contributed by atoms with E-state index in [4.69, 9.17) is 18.9 Å². The van der Waals surface area contributed by atoms with Gasteiger partial charge in [0.15, 0.2) is 11.5 Å². The van der Waals surface area contributed by atoms with E-state index in [0.29, 0.717) is 28.8 Å². The van der Waals surface area contributed by atoms with E-state index in [2.05, 4.69) is 20.7 Å². The second-order valence-electron chi connectivity index (χ2n) is 6.31. The topological polar surface area (TPSA) is 74.7 Å². The molecule has 0 aliphatic heterocycles. The third-order valence-corrected chi connectivity index (χ3v) is 5.61. The van der Waals surface area contributed by atoms with Crippen molar-refractivity contribution in [3.05, 3.63) is 48.1 Å². The van der Waals surface area contributed by atoms with Crippen LogP contribution >= 0.6 is 11.3 Å². The molecule has 4 rings (SSSR count). The van der Waals surface area contributed by atoms with E-state index in [9.17, 15) is 0 Å². The molecule has 8 heteroatoms. The Balaban J connectivity index is 1.83. The normalized spacial score (nSPS) is 10.7. The largest absolute Gasteiger partial charge is 0.497 e. The molecule has 0 aliphatic carbocycles. The van der Waals surface area contributed by atoms with Crippen molar-refractivity contribution in [1.82, 2.24) is 9.97 Å². The van der Waals surface area contributed by atoms with Gasteiger partial charge in [-0.2, -0.15) is 0 Å². The molecule has 0 fully saturated rings. The van der Waals surface area contributed by atoms with Crippen LogP contribution in [0.5, 0.6) is 23.0 Å². The SMILES string of the molecule is COc1ccc(OC)c(Nc2ncnc3scc(-c4ccc(OC)c(OC)c4)c23)c1. The molecule has 2 heterocycles. The molecule has 7 nitrogen and oxygen atoms in total. The molecule has 0 saturated heterocycles. The Hall–Kier alpha value is -3.52. The van der Waals surface area contributed by atoms with Gasteiger partial charge in [0.25, 0.3) is 0 Å². The van der Waals surface area contributed by atoms with Crippen molar-refractivity contribution in [1.29, 1.82) is 0 Å². The Morgan fingerprint density at radius 1 is 0.800 bits per heavy atom. The van der Waals surface area contributed by atoms with Gasteiger partial charge < -0.3 is 24.3 Å². The summed E-state index contributed by atoms with van der Waals surface area (Å²) in [5.41, 5.74) is 2.73. The van der Waals surface area contributed by atoms with Gasteiger partial charge in [0.1, 0.15) is 28.5 Å². The summed E-state index contributed by atoms with van der Waals surface area (Å²) >= 11 is 1.56. The number of benzene rings is 2. The van der Waals surface area contributed by atoms with Crippen molar-refractivity contribution < 1.29 is 18.9 Å². The molecule has 0 amide bonds. The number of nitrogens with one attached hydrogen (secondary N) is 1. The molecule has 2 aromatic heterocycles. The zero-order valence-corrected chi connectivity index (χ0v) is 17.9. The van der Waals surface area contributed by atoms with Crippen LogP contribution < -0.4 is 24.3 Å². The molecular formula is C22H21N3O4S. The number of ether oxygens (including phenoxy) is 4. The Kier molecular flexibility index (Phi) is 5.58. The third-order valence-electron chi connectivity index (χ3n) is 4.72. The van der Waals surface area contributed by atoms with Crippen molar-refractivity contribution in [2.24, 2.45) is 0 Å². The molecule has 154 valence electrons. The highest BCUT2D eigenvalue weighted by atomic mass is 32.1. The van der Waals surface area contributed by atoms with E-state index in [-0.39, 0.29) is 0 Å². The van der Waals surface area contributed by atoms with Crippen molar-refractivity contribution >= 4 is 33.1 Å². The van der Waals surface area contributed by atoms with Gasteiger partial charge in [-0.3, -0.25) is 0 Å². The predicted octanol–water partition coefficient (Wildman–Crippen LogP) is 5.14. The Bertz CT molecular complexity index is 1190. The summed E-state index contributed by atoms with van der Waals surface area (Å²) in [6, 6.07) is 11.4. The zero-order valence-electron chi connectivity index (χ0n) is 17.1. The van der Waals surface area contributed by atoms with Crippen molar-refractivity contribution in [3.8, 4) is 34.1 Å². The summed E-state index contributed by atoms with van der Waals surface area (Å²) in [5, 5.41) is 6.36. The van der Waals surface area contributed by atoms with Gasteiger partial charge in [-0.25, -0.2) is 9.97 Å². The maximum absolute atomic E-state index is 5.49. The summed E-state index contributed by atoms with van der Waals surface area (Å²) in [6.07, 6.45) is 1.55. The highest BCUT2D eigenvalue weighted by Crippen LogP contribution is 2.41. The molecule has 0 unspecified atom stereocenters. The van der Waals surface area contributed by atoms with Crippen LogP contribution in [-0.4, -0.2) is 38.4 Å².